The minimum Gasteiger partial charge on any atom is -0.487 e. The fraction of sp³-hybridized carbons (Fsp3) is 0.308. The van der Waals surface area contributed by atoms with Crippen molar-refractivity contribution in [1.29, 1.82) is 0 Å². The van der Waals surface area contributed by atoms with Gasteiger partial charge in [-0.1, -0.05) is 0 Å². The summed E-state index contributed by atoms with van der Waals surface area (Å²) in [6.45, 7) is 4.73. The molecule has 0 bridgehead atoms. The number of ether oxygens (including phenoxy) is 1. The van der Waals surface area contributed by atoms with Crippen LogP contribution in [0.1, 0.15) is 18.2 Å². The zero-order valence-corrected chi connectivity index (χ0v) is 10.3. The molecular weight excluding hydrogens is 238 g/mol. The first-order valence-corrected chi connectivity index (χ1v) is 5.69. The van der Waals surface area contributed by atoms with Crippen LogP contribution in [0.3, 0.4) is 0 Å². The second-order valence-corrected chi connectivity index (χ2v) is 3.99. The molecule has 0 atom stereocenters. The number of aryl methyl sites for hydroxylation is 2. The van der Waals surface area contributed by atoms with Crippen molar-refractivity contribution in [2.75, 3.05) is 0 Å². The lowest BCUT2D eigenvalue weighted by Gasteiger charge is -2.10. The summed E-state index contributed by atoms with van der Waals surface area (Å²) in [5.74, 6) is -1.42. The second-order valence-electron chi connectivity index (χ2n) is 3.99. The van der Waals surface area contributed by atoms with Gasteiger partial charge < -0.3 is 9.30 Å². The van der Waals surface area contributed by atoms with Crippen LogP contribution in [0, 0.1) is 18.6 Å². The van der Waals surface area contributed by atoms with Crippen LogP contribution in [0.15, 0.2) is 24.7 Å². The molecule has 1 aromatic carbocycles. The number of halogens is 2. The normalized spacial score (nSPS) is 10.7. The van der Waals surface area contributed by atoms with Gasteiger partial charge in [0.2, 0.25) is 0 Å². The number of benzene rings is 1. The van der Waals surface area contributed by atoms with Crippen molar-refractivity contribution in [3.8, 4) is 5.75 Å². The topological polar surface area (TPSA) is 27.1 Å². The van der Waals surface area contributed by atoms with E-state index in [4.69, 9.17) is 4.74 Å². The minimum absolute atomic E-state index is 0.278. The molecule has 96 valence electrons. The Balaban J connectivity index is 2.13. The molecule has 0 spiro atoms. The Morgan fingerprint density at radius 1 is 1.28 bits per heavy atom. The smallest absolute Gasteiger partial charge is 0.162 e. The molecule has 0 aliphatic carbocycles. The van der Waals surface area contributed by atoms with Gasteiger partial charge >= 0.3 is 0 Å². The fourth-order valence-electron chi connectivity index (χ4n) is 1.69. The van der Waals surface area contributed by atoms with Gasteiger partial charge in [-0.3, -0.25) is 0 Å². The molecule has 2 aromatic rings. The van der Waals surface area contributed by atoms with Crippen molar-refractivity contribution in [2.24, 2.45) is 0 Å². The minimum atomic E-state index is -0.903. The van der Waals surface area contributed by atoms with Gasteiger partial charge in [-0.15, -0.1) is 0 Å². The molecule has 18 heavy (non-hydrogen) atoms. The number of imidazole rings is 1. The van der Waals surface area contributed by atoms with Gasteiger partial charge in [0.1, 0.15) is 12.4 Å². The molecule has 0 N–H and O–H groups in total. The number of rotatable bonds is 4. The lowest BCUT2D eigenvalue weighted by molar-refractivity contribution is 0.290. The number of hydrogen-bond donors (Lipinski definition) is 0. The van der Waals surface area contributed by atoms with Crippen molar-refractivity contribution in [3.63, 3.8) is 0 Å². The van der Waals surface area contributed by atoms with Crippen molar-refractivity contribution >= 4 is 0 Å². The Kier molecular flexibility index (Phi) is 3.60. The monoisotopic (exact) mass is 252 g/mol. The van der Waals surface area contributed by atoms with E-state index in [1.165, 1.54) is 0 Å². The van der Waals surface area contributed by atoms with E-state index in [9.17, 15) is 8.78 Å². The maximum Gasteiger partial charge on any atom is 0.162 e. The van der Waals surface area contributed by atoms with Crippen LogP contribution in [0.4, 0.5) is 8.78 Å². The molecule has 0 fully saturated rings. The zero-order chi connectivity index (χ0) is 13.1. The highest BCUT2D eigenvalue weighted by Gasteiger charge is 2.09. The van der Waals surface area contributed by atoms with Gasteiger partial charge in [0.05, 0.1) is 18.2 Å². The van der Waals surface area contributed by atoms with Crippen molar-refractivity contribution < 1.29 is 13.5 Å². The molecule has 1 aromatic heterocycles. The number of hydrogen-bond acceptors (Lipinski definition) is 2. The SMILES string of the molecule is CCn1cncc1COc1cc(F)c(F)cc1C. The van der Waals surface area contributed by atoms with Crippen LogP contribution in [0.25, 0.3) is 0 Å². The van der Waals surface area contributed by atoms with Crippen molar-refractivity contribution in [1.82, 2.24) is 9.55 Å². The number of nitrogens with zero attached hydrogens (tertiary/aromatic N) is 2. The molecule has 3 nitrogen and oxygen atoms in total. The summed E-state index contributed by atoms with van der Waals surface area (Å²) in [7, 11) is 0. The maximum absolute atomic E-state index is 13.1. The van der Waals surface area contributed by atoms with Crippen molar-refractivity contribution in [2.45, 2.75) is 27.0 Å². The summed E-state index contributed by atoms with van der Waals surface area (Å²) >= 11 is 0. The predicted octanol–water partition coefficient (Wildman–Crippen LogP) is 3.07. The quantitative estimate of drug-likeness (QED) is 0.836. The van der Waals surface area contributed by atoms with Crippen LogP contribution < -0.4 is 4.74 Å². The van der Waals surface area contributed by atoms with Crippen LogP contribution in [-0.2, 0) is 13.2 Å². The standard InChI is InChI=1S/C13H14F2N2O/c1-3-17-8-16-6-10(17)7-18-13-5-12(15)11(14)4-9(13)2/h4-6,8H,3,7H2,1-2H3. The third-order valence-electron chi connectivity index (χ3n) is 2.73. The molecule has 5 heteroatoms. The van der Waals surface area contributed by atoms with Gasteiger partial charge in [0.25, 0.3) is 0 Å². The molecule has 0 amide bonds. The van der Waals surface area contributed by atoms with E-state index in [-0.39, 0.29) is 6.61 Å². The summed E-state index contributed by atoms with van der Waals surface area (Å²) < 4.78 is 33.5. The molecule has 1 heterocycles. The maximum atomic E-state index is 13.1. The van der Waals surface area contributed by atoms with Crippen LogP contribution in [0.5, 0.6) is 5.75 Å². The molecule has 0 radical (unpaired) electrons. The molecule has 0 aliphatic rings. The first kappa shape index (κ1) is 12.5. The van der Waals surface area contributed by atoms with Gasteiger partial charge in [-0.05, 0) is 25.5 Å². The van der Waals surface area contributed by atoms with Gasteiger partial charge in [-0.2, -0.15) is 0 Å². The van der Waals surface area contributed by atoms with Crippen LogP contribution >= 0.6 is 0 Å². The lowest BCUT2D eigenvalue weighted by Crippen LogP contribution is -2.04. The highest BCUT2D eigenvalue weighted by Crippen LogP contribution is 2.22. The molecule has 2 rings (SSSR count). The second kappa shape index (κ2) is 5.16. The molecule has 0 unspecified atom stereocenters. The Labute approximate surface area is 104 Å². The summed E-state index contributed by atoms with van der Waals surface area (Å²) in [5, 5.41) is 0. The van der Waals surface area contributed by atoms with E-state index < -0.39 is 11.6 Å². The Bertz CT molecular complexity index is 552. The summed E-state index contributed by atoms with van der Waals surface area (Å²) in [6, 6.07) is 2.19. The predicted molar refractivity (Wildman–Crippen MR) is 63.3 cm³/mol. The highest BCUT2D eigenvalue weighted by molar-refractivity contribution is 5.33. The van der Waals surface area contributed by atoms with Gasteiger partial charge in [0.15, 0.2) is 11.6 Å². The van der Waals surface area contributed by atoms with Crippen LogP contribution in [0.2, 0.25) is 0 Å². The van der Waals surface area contributed by atoms with E-state index in [2.05, 4.69) is 4.98 Å². The molecular formula is C13H14F2N2O. The summed E-state index contributed by atoms with van der Waals surface area (Å²) in [5.41, 5.74) is 1.46. The molecule has 0 aliphatic heterocycles. The molecule has 0 saturated heterocycles. The zero-order valence-electron chi connectivity index (χ0n) is 10.3. The number of aromatic nitrogens is 2. The van der Waals surface area contributed by atoms with E-state index in [0.29, 0.717) is 11.3 Å². The third kappa shape index (κ3) is 2.50. The van der Waals surface area contributed by atoms with E-state index in [1.54, 1.807) is 19.4 Å². The van der Waals surface area contributed by atoms with E-state index in [0.717, 1.165) is 24.4 Å². The van der Waals surface area contributed by atoms with Gasteiger partial charge in [0, 0.05) is 12.6 Å². The Hall–Kier alpha value is -1.91. The Morgan fingerprint density at radius 2 is 2.00 bits per heavy atom. The van der Waals surface area contributed by atoms with Crippen molar-refractivity contribution in [3.05, 3.63) is 47.5 Å². The highest BCUT2D eigenvalue weighted by atomic mass is 19.2. The Morgan fingerprint density at radius 3 is 2.72 bits per heavy atom. The fourth-order valence-corrected chi connectivity index (χ4v) is 1.69. The first-order chi connectivity index (χ1) is 8.61. The van der Waals surface area contributed by atoms with E-state index >= 15 is 0 Å². The third-order valence-corrected chi connectivity index (χ3v) is 2.73. The average molecular weight is 252 g/mol. The largest absolute Gasteiger partial charge is 0.487 e. The van der Waals surface area contributed by atoms with E-state index in [1.807, 2.05) is 11.5 Å². The summed E-state index contributed by atoms with van der Waals surface area (Å²) in [4.78, 5) is 4.01. The first-order valence-electron chi connectivity index (χ1n) is 5.69. The lowest BCUT2D eigenvalue weighted by atomic mass is 10.2. The average Bonchev–Trinajstić information content (AvgIpc) is 2.79. The summed E-state index contributed by atoms with van der Waals surface area (Å²) in [6.07, 6.45) is 3.40. The van der Waals surface area contributed by atoms with Gasteiger partial charge in [-0.25, -0.2) is 13.8 Å². The molecule has 0 saturated carbocycles. The van der Waals surface area contributed by atoms with Crippen LogP contribution in [-0.4, -0.2) is 9.55 Å².